The van der Waals surface area contributed by atoms with Crippen LogP contribution < -0.4 is 0 Å². The van der Waals surface area contributed by atoms with Crippen LogP contribution in [0.5, 0.6) is 0 Å². The molecule has 1 N–H and O–H groups in total. The Bertz CT molecular complexity index is 793. The van der Waals surface area contributed by atoms with Crippen LogP contribution in [0.3, 0.4) is 0 Å². The highest BCUT2D eigenvalue weighted by molar-refractivity contribution is 5.70. The standard InChI is InChI=1S/C18H22N4O/c1-12(15-8-16(10-19-9-15)18(3,4)23)7-14-5-6-17-21-20-11-22(17)13(14)2/h7-11,23H,5-6H2,1-4H3/b12-7+. The minimum Gasteiger partial charge on any atom is -0.386 e. The van der Waals surface area contributed by atoms with Gasteiger partial charge in [-0.05, 0) is 56.9 Å². The van der Waals surface area contributed by atoms with Gasteiger partial charge >= 0.3 is 0 Å². The molecule has 1 aliphatic rings. The second-order valence-electron chi connectivity index (χ2n) is 6.58. The summed E-state index contributed by atoms with van der Waals surface area (Å²) in [5.41, 5.74) is 4.54. The Morgan fingerprint density at radius 2 is 2.09 bits per heavy atom. The molecule has 3 rings (SSSR count). The third-order valence-electron chi connectivity index (χ3n) is 4.35. The highest BCUT2D eigenvalue weighted by atomic mass is 16.3. The molecule has 0 aliphatic carbocycles. The molecule has 0 fully saturated rings. The van der Waals surface area contributed by atoms with Gasteiger partial charge in [0, 0.05) is 30.1 Å². The quantitative estimate of drug-likeness (QED) is 0.945. The third kappa shape index (κ3) is 3.10. The van der Waals surface area contributed by atoms with Gasteiger partial charge in [-0.3, -0.25) is 9.55 Å². The van der Waals surface area contributed by atoms with Crippen LogP contribution in [-0.4, -0.2) is 24.9 Å². The number of rotatable bonds is 3. The Morgan fingerprint density at radius 3 is 2.83 bits per heavy atom. The van der Waals surface area contributed by atoms with Gasteiger partial charge in [0.25, 0.3) is 0 Å². The van der Waals surface area contributed by atoms with E-state index in [1.165, 1.54) is 11.3 Å². The molecule has 0 saturated heterocycles. The number of aromatic nitrogens is 4. The van der Waals surface area contributed by atoms with Crippen molar-refractivity contribution in [2.24, 2.45) is 0 Å². The van der Waals surface area contributed by atoms with Crippen molar-refractivity contribution in [2.75, 3.05) is 0 Å². The van der Waals surface area contributed by atoms with Crippen molar-refractivity contribution in [1.29, 1.82) is 0 Å². The molecule has 23 heavy (non-hydrogen) atoms. The molecular weight excluding hydrogens is 288 g/mol. The Morgan fingerprint density at radius 1 is 1.30 bits per heavy atom. The highest BCUT2D eigenvalue weighted by Crippen LogP contribution is 2.28. The molecule has 0 saturated carbocycles. The Kier molecular flexibility index (Phi) is 3.90. The molecule has 0 amide bonds. The van der Waals surface area contributed by atoms with Crippen LogP contribution in [-0.2, 0) is 12.0 Å². The zero-order chi connectivity index (χ0) is 16.6. The Balaban J connectivity index is 1.96. The third-order valence-corrected chi connectivity index (χ3v) is 4.35. The summed E-state index contributed by atoms with van der Waals surface area (Å²) in [6, 6.07) is 2.00. The van der Waals surface area contributed by atoms with Gasteiger partial charge in [-0.15, -0.1) is 10.2 Å². The molecule has 120 valence electrons. The van der Waals surface area contributed by atoms with Crippen LogP contribution in [0.2, 0.25) is 0 Å². The second kappa shape index (κ2) is 5.74. The fraction of sp³-hybridized carbons (Fsp3) is 0.389. The normalized spacial score (nSPS) is 15.8. The van der Waals surface area contributed by atoms with Crippen molar-refractivity contribution in [3.05, 3.63) is 53.4 Å². The first-order valence-corrected chi connectivity index (χ1v) is 7.82. The molecule has 5 nitrogen and oxygen atoms in total. The van der Waals surface area contributed by atoms with Crippen molar-refractivity contribution in [3.63, 3.8) is 0 Å². The fourth-order valence-electron chi connectivity index (χ4n) is 2.80. The summed E-state index contributed by atoms with van der Waals surface area (Å²) < 4.78 is 2.05. The van der Waals surface area contributed by atoms with Crippen LogP contribution in [0.25, 0.3) is 11.3 Å². The summed E-state index contributed by atoms with van der Waals surface area (Å²) in [4.78, 5) is 4.27. The Labute approximate surface area is 136 Å². The average Bonchev–Trinajstić information content (AvgIpc) is 2.99. The van der Waals surface area contributed by atoms with Crippen LogP contribution in [0.4, 0.5) is 0 Å². The minimum absolute atomic E-state index is 0.818. The van der Waals surface area contributed by atoms with Crippen LogP contribution in [0.15, 0.2) is 36.4 Å². The maximum Gasteiger partial charge on any atom is 0.137 e. The molecule has 0 unspecified atom stereocenters. The number of allylic oxidation sites excluding steroid dienone is 4. The van der Waals surface area contributed by atoms with Gasteiger partial charge in [0.2, 0.25) is 0 Å². The molecule has 0 radical (unpaired) electrons. The predicted molar refractivity (Wildman–Crippen MR) is 90.4 cm³/mol. The number of fused-ring (bicyclic) bond motifs is 1. The molecule has 2 aromatic rings. The van der Waals surface area contributed by atoms with Gasteiger partial charge in [0.15, 0.2) is 0 Å². The van der Waals surface area contributed by atoms with Gasteiger partial charge in [0.1, 0.15) is 12.2 Å². The molecule has 0 bridgehead atoms. The lowest BCUT2D eigenvalue weighted by Gasteiger charge is -2.19. The van der Waals surface area contributed by atoms with E-state index in [1.807, 2.05) is 16.8 Å². The zero-order valence-corrected chi connectivity index (χ0v) is 14.0. The molecule has 0 atom stereocenters. The van der Waals surface area contributed by atoms with Gasteiger partial charge in [0.05, 0.1) is 5.60 Å². The molecular formula is C18H22N4O. The Hall–Kier alpha value is -2.27. The number of aliphatic hydroxyl groups is 1. The van der Waals surface area contributed by atoms with Gasteiger partial charge < -0.3 is 5.11 Å². The van der Waals surface area contributed by atoms with E-state index in [1.54, 1.807) is 26.4 Å². The average molecular weight is 310 g/mol. The summed E-state index contributed by atoms with van der Waals surface area (Å²) in [6.45, 7) is 7.71. The summed E-state index contributed by atoms with van der Waals surface area (Å²) in [6.07, 6.45) is 9.38. The van der Waals surface area contributed by atoms with Crippen molar-refractivity contribution < 1.29 is 5.11 Å². The lowest BCUT2D eigenvalue weighted by molar-refractivity contribution is 0.0782. The molecule has 3 heterocycles. The number of hydrogen-bond acceptors (Lipinski definition) is 4. The summed E-state index contributed by atoms with van der Waals surface area (Å²) in [5, 5.41) is 18.3. The lowest BCUT2D eigenvalue weighted by Crippen LogP contribution is -2.15. The highest BCUT2D eigenvalue weighted by Gasteiger charge is 2.18. The SMILES string of the molecule is CC1=C(/C=C(\C)c2cncc(C(C)(C)O)c2)CCc2nncn21. The fourth-order valence-corrected chi connectivity index (χ4v) is 2.80. The van der Waals surface area contributed by atoms with Crippen molar-refractivity contribution >= 4 is 11.3 Å². The number of nitrogens with zero attached hydrogens (tertiary/aromatic N) is 4. The van der Waals surface area contributed by atoms with E-state index in [0.717, 1.165) is 35.4 Å². The van der Waals surface area contributed by atoms with E-state index in [2.05, 4.69) is 35.1 Å². The smallest absolute Gasteiger partial charge is 0.137 e. The summed E-state index contributed by atoms with van der Waals surface area (Å²) >= 11 is 0. The molecule has 0 aromatic carbocycles. The van der Waals surface area contributed by atoms with Crippen LogP contribution >= 0.6 is 0 Å². The first-order valence-electron chi connectivity index (χ1n) is 7.82. The first kappa shape index (κ1) is 15.6. The van der Waals surface area contributed by atoms with E-state index in [0.29, 0.717) is 0 Å². The van der Waals surface area contributed by atoms with Crippen LogP contribution in [0.1, 0.15) is 51.1 Å². The molecule has 2 aromatic heterocycles. The monoisotopic (exact) mass is 310 g/mol. The molecule has 1 aliphatic heterocycles. The second-order valence-corrected chi connectivity index (χ2v) is 6.58. The maximum atomic E-state index is 10.2. The zero-order valence-electron chi connectivity index (χ0n) is 14.0. The van der Waals surface area contributed by atoms with E-state index < -0.39 is 5.60 Å². The lowest BCUT2D eigenvalue weighted by atomic mass is 9.95. The first-order chi connectivity index (χ1) is 10.9. The number of hydrogen-bond donors (Lipinski definition) is 1. The molecule has 5 heteroatoms. The van der Waals surface area contributed by atoms with E-state index in [9.17, 15) is 5.11 Å². The van der Waals surface area contributed by atoms with Crippen LogP contribution in [0, 0.1) is 0 Å². The van der Waals surface area contributed by atoms with Crippen molar-refractivity contribution in [2.45, 2.75) is 46.1 Å². The number of pyridine rings is 1. The largest absolute Gasteiger partial charge is 0.386 e. The topological polar surface area (TPSA) is 63.8 Å². The number of aryl methyl sites for hydroxylation is 1. The van der Waals surface area contributed by atoms with E-state index >= 15 is 0 Å². The predicted octanol–water partition coefficient (Wildman–Crippen LogP) is 3.18. The summed E-state index contributed by atoms with van der Waals surface area (Å²) in [5.74, 6) is 1.02. The van der Waals surface area contributed by atoms with Crippen molar-refractivity contribution in [1.82, 2.24) is 19.7 Å². The van der Waals surface area contributed by atoms with E-state index in [-0.39, 0.29) is 0 Å². The van der Waals surface area contributed by atoms with Gasteiger partial charge in [-0.2, -0.15) is 0 Å². The molecule has 0 spiro atoms. The van der Waals surface area contributed by atoms with Gasteiger partial charge in [-0.25, -0.2) is 0 Å². The minimum atomic E-state index is -0.888. The van der Waals surface area contributed by atoms with Crippen molar-refractivity contribution in [3.8, 4) is 0 Å². The van der Waals surface area contributed by atoms with Gasteiger partial charge in [-0.1, -0.05) is 6.08 Å². The summed E-state index contributed by atoms with van der Waals surface area (Å²) in [7, 11) is 0. The maximum absolute atomic E-state index is 10.2. The van der Waals surface area contributed by atoms with E-state index in [4.69, 9.17) is 0 Å².